The fourth-order valence-electron chi connectivity index (χ4n) is 13.1. The summed E-state index contributed by atoms with van der Waals surface area (Å²) in [6.07, 6.45) is 21.6. The zero-order chi connectivity index (χ0) is 32.5. The summed E-state index contributed by atoms with van der Waals surface area (Å²) < 4.78 is 0. The summed E-state index contributed by atoms with van der Waals surface area (Å²) in [6.45, 7) is 0. The largest absolute Gasteiger partial charge is 0.349 e. The van der Waals surface area contributed by atoms with E-state index in [4.69, 9.17) is 0 Å². The highest BCUT2D eigenvalue weighted by atomic mass is 16.1. The zero-order valence-corrected chi connectivity index (χ0v) is 29.2. The molecule has 5 heterocycles. The molecule has 0 radical (unpaired) electrons. The molecule has 268 valence electrons. The number of nitrogens with one attached hydrogen (secondary N) is 9. The van der Waals surface area contributed by atoms with E-state index in [-0.39, 0.29) is 30.4 Å². The second-order valence-electron chi connectivity index (χ2n) is 17.6. The van der Waals surface area contributed by atoms with Crippen LogP contribution in [0.3, 0.4) is 0 Å². The van der Waals surface area contributed by atoms with Gasteiger partial charge >= 0.3 is 0 Å². The van der Waals surface area contributed by atoms with Gasteiger partial charge in [0.2, 0.25) is 0 Å². The molecule has 9 fully saturated rings. The highest BCUT2D eigenvalue weighted by Gasteiger charge is 2.55. The van der Waals surface area contributed by atoms with Crippen molar-refractivity contribution in [3.63, 3.8) is 0 Å². The van der Waals surface area contributed by atoms with Crippen molar-refractivity contribution >= 4 is 5.91 Å². The smallest absolute Gasteiger partial charge is 0.251 e. The van der Waals surface area contributed by atoms with Crippen LogP contribution in [-0.2, 0) is 0 Å². The molecule has 1 amide bonds. The summed E-state index contributed by atoms with van der Waals surface area (Å²) in [6, 6.07) is 9.96. The van der Waals surface area contributed by atoms with Crippen LogP contribution in [0.1, 0.15) is 107 Å². The van der Waals surface area contributed by atoms with Gasteiger partial charge < -0.3 is 5.32 Å². The molecule has 5 saturated heterocycles. The molecule has 0 aromatic heterocycles. The Morgan fingerprint density at radius 2 is 0.776 bits per heavy atom. The quantitative estimate of drug-likeness (QED) is 0.234. The summed E-state index contributed by atoms with van der Waals surface area (Å²) in [5, 5.41) is 37.3. The Morgan fingerprint density at radius 3 is 1.18 bits per heavy atom. The number of rotatable bonds is 2. The minimum Gasteiger partial charge on any atom is -0.349 e. The average molecular weight is 672 g/mol. The molecule has 10 nitrogen and oxygen atoms in total. The van der Waals surface area contributed by atoms with Crippen LogP contribution in [0.4, 0.5) is 0 Å². The van der Waals surface area contributed by atoms with Crippen molar-refractivity contribution in [2.75, 3.05) is 0 Å². The molecular formula is C39H61N9O. The molecule has 10 rings (SSSR count). The monoisotopic (exact) mass is 671 g/mol. The molecule has 4 aliphatic carbocycles. The predicted molar refractivity (Wildman–Crippen MR) is 190 cm³/mol. The Labute approximate surface area is 293 Å². The Morgan fingerprint density at radius 1 is 0.429 bits per heavy atom. The number of hydrogen-bond donors (Lipinski definition) is 9. The first-order valence-corrected chi connectivity index (χ1v) is 20.6. The van der Waals surface area contributed by atoms with Crippen molar-refractivity contribution in [3.05, 3.63) is 35.9 Å². The molecule has 49 heavy (non-hydrogen) atoms. The van der Waals surface area contributed by atoms with E-state index < -0.39 is 0 Å². The molecule has 8 bridgehead atoms. The van der Waals surface area contributed by atoms with E-state index in [1.807, 2.05) is 30.3 Å². The summed E-state index contributed by atoms with van der Waals surface area (Å²) in [5.41, 5.74) is 0.761. The van der Waals surface area contributed by atoms with E-state index in [2.05, 4.69) is 47.9 Å². The molecular weight excluding hydrogens is 610 g/mol. The van der Waals surface area contributed by atoms with Gasteiger partial charge in [0.25, 0.3) is 5.91 Å². The minimum atomic E-state index is 0.0652. The van der Waals surface area contributed by atoms with Gasteiger partial charge in [-0.1, -0.05) is 63.1 Å². The first kappa shape index (κ1) is 32.1. The van der Waals surface area contributed by atoms with Crippen molar-refractivity contribution in [2.24, 2.45) is 47.3 Å². The number of carbonyl (C=O) groups excluding carboxylic acids is 1. The summed E-state index contributed by atoms with van der Waals surface area (Å²) in [4.78, 5) is 13.6. The number of benzene rings is 1. The van der Waals surface area contributed by atoms with E-state index in [0.717, 1.165) is 18.4 Å². The van der Waals surface area contributed by atoms with Crippen molar-refractivity contribution < 1.29 is 4.79 Å². The summed E-state index contributed by atoms with van der Waals surface area (Å²) in [7, 11) is 0. The lowest BCUT2D eigenvalue weighted by atomic mass is 9.74. The van der Waals surface area contributed by atoms with Gasteiger partial charge in [0, 0.05) is 17.5 Å². The molecule has 10 heteroatoms. The van der Waals surface area contributed by atoms with Gasteiger partial charge in [-0.2, -0.15) is 0 Å². The van der Waals surface area contributed by atoms with E-state index in [1.165, 1.54) is 83.5 Å². The van der Waals surface area contributed by atoms with Gasteiger partial charge in [-0.25, -0.2) is 0 Å². The summed E-state index contributed by atoms with van der Waals surface area (Å²) in [5.74, 6) is 4.79. The topological polar surface area (TPSA) is 125 Å². The molecule has 17 unspecified atom stereocenters. The zero-order valence-electron chi connectivity index (χ0n) is 29.2. The molecule has 4 saturated carbocycles. The fraction of sp³-hybridized carbons (Fsp3) is 0.821. The number of carbonyl (C=O) groups is 1. The van der Waals surface area contributed by atoms with Crippen LogP contribution < -0.4 is 47.9 Å². The maximum atomic E-state index is 13.6. The highest BCUT2D eigenvalue weighted by Crippen LogP contribution is 2.45. The number of fused-ring (bicyclic) bond motifs is 20. The highest BCUT2D eigenvalue weighted by molar-refractivity contribution is 5.94. The lowest BCUT2D eigenvalue weighted by Crippen LogP contribution is -2.62. The van der Waals surface area contributed by atoms with E-state index in [0.29, 0.717) is 78.2 Å². The second-order valence-corrected chi connectivity index (χ2v) is 17.6. The van der Waals surface area contributed by atoms with Gasteiger partial charge in [0.1, 0.15) is 0 Å². The summed E-state index contributed by atoms with van der Waals surface area (Å²) >= 11 is 0. The third-order valence-electron chi connectivity index (χ3n) is 15.2. The molecule has 9 N–H and O–H groups in total. The van der Waals surface area contributed by atoms with Gasteiger partial charge in [0.15, 0.2) is 0 Å². The van der Waals surface area contributed by atoms with Crippen LogP contribution in [0.5, 0.6) is 0 Å². The van der Waals surface area contributed by atoms with Crippen LogP contribution in [0, 0.1) is 47.3 Å². The number of amides is 1. The van der Waals surface area contributed by atoms with E-state index >= 15 is 0 Å². The normalized spacial score (nSPS) is 50.5. The van der Waals surface area contributed by atoms with Gasteiger partial charge in [-0.15, -0.1) is 0 Å². The SMILES string of the molecule is O=C(NC1CCCC2C3NC4NC(NC5NC(NC6NC(NC(N3)C12)C1CCCCC61)C1CCCCC51)C1CCCCC41)c1ccccc1. The van der Waals surface area contributed by atoms with Crippen LogP contribution >= 0.6 is 0 Å². The van der Waals surface area contributed by atoms with E-state index in [9.17, 15) is 4.79 Å². The third kappa shape index (κ3) is 5.81. The molecule has 5 aliphatic heterocycles. The Balaban J connectivity index is 0.983. The Bertz CT molecular complexity index is 1330. The van der Waals surface area contributed by atoms with Crippen molar-refractivity contribution in [1.29, 1.82) is 0 Å². The first-order chi connectivity index (χ1) is 24.2. The molecule has 9 aliphatic rings. The lowest BCUT2D eigenvalue weighted by Gasteiger charge is -2.39. The fourth-order valence-corrected chi connectivity index (χ4v) is 13.1. The predicted octanol–water partition coefficient (Wildman–Crippen LogP) is 3.01. The molecule has 0 spiro atoms. The maximum Gasteiger partial charge on any atom is 0.251 e. The van der Waals surface area contributed by atoms with E-state index in [1.54, 1.807) is 0 Å². The first-order valence-electron chi connectivity index (χ1n) is 20.6. The van der Waals surface area contributed by atoms with Crippen LogP contribution in [0.25, 0.3) is 0 Å². The van der Waals surface area contributed by atoms with Crippen LogP contribution in [0.2, 0.25) is 0 Å². The lowest BCUT2D eigenvalue weighted by molar-refractivity contribution is 0.0855. The van der Waals surface area contributed by atoms with Crippen LogP contribution in [-0.4, -0.2) is 61.3 Å². The maximum absolute atomic E-state index is 13.6. The van der Waals surface area contributed by atoms with Crippen molar-refractivity contribution in [2.45, 2.75) is 152 Å². The second kappa shape index (κ2) is 13.4. The third-order valence-corrected chi connectivity index (χ3v) is 15.2. The number of hydrogen-bond acceptors (Lipinski definition) is 9. The van der Waals surface area contributed by atoms with Gasteiger partial charge in [0.05, 0.1) is 49.3 Å². The van der Waals surface area contributed by atoms with Gasteiger partial charge in [-0.05, 0) is 105 Å². The Kier molecular flexibility index (Phi) is 8.77. The van der Waals surface area contributed by atoms with Crippen LogP contribution in [0.15, 0.2) is 30.3 Å². The minimum absolute atomic E-state index is 0.0652. The van der Waals surface area contributed by atoms with Crippen molar-refractivity contribution in [1.82, 2.24) is 47.9 Å². The standard InChI is InChI=1S/C39H61N9O/c49-39(21-11-2-1-3-12-21)40-29-20-10-19-28-30(29)38-47-36-27-18-9-8-17-26(27)34(45-36)43-32-23-14-5-4-13-22(23)31(41-32)42-33-24-15-6-7-16-25(24)35(44-33)46-37(28)48-38/h1-3,11-12,22-38,41-48H,4-10,13-20H2,(H,40,49). The Hall–Kier alpha value is -1.63. The molecule has 17 atom stereocenters. The molecule has 1 aromatic carbocycles. The van der Waals surface area contributed by atoms with Gasteiger partial charge in [-0.3, -0.25) is 47.3 Å². The molecule has 1 aromatic rings. The average Bonchev–Trinajstić information content (AvgIpc) is 3.88. The van der Waals surface area contributed by atoms with Crippen molar-refractivity contribution in [3.8, 4) is 0 Å².